The zero-order valence-electron chi connectivity index (χ0n) is 35.6. The Morgan fingerprint density at radius 3 is 2.67 bits per heavy atom. The molecule has 172 valence electrons. The van der Waals surface area contributed by atoms with Crippen molar-refractivity contribution in [2.75, 3.05) is 31.4 Å². The molecule has 0 aliphatic carbocycles. The molecule has 3 aliphatic rings. The maximum atomic E-state index is 13.6. The van der Waals surface area contributed by atoms with Crippen LogP contribution in [0.4, 0.5) is 5.69 Å². The van der Waals surface area contributed by atoms with Crippen molar-refractivity contribution in [3.63, 3.8) is 0 Å². The third kappa shape index (κ3) is 4.62. The van der Waals surface area contributed by atoms with E-state index in [4.69, 9.17) is 26.0 Å². The van der Waals surface area contributed by atoms with E-state index in [-0.39, 0.29) is 15.4 Å². The molecule has 2 aromatic rings. The number of morpholine rings is 1. The summed E-state index contributed by atoms with van der Waals surface area (Å²) in [4.78, 5) is 38.2. The fourth-order valence-electron chi connectivity index (χ4n) is 3.06. The van der Waals surface area contributed by atoms with E-state index in [0.717, 1.165) is 42.5 Å². The molecule has 1 atom stereocenters. The van der Waals surface area contributed by atoms with Crippen LogP contribution in [0.3, 0.4) is 0 Å². The van der Waals surface area contributed by atoms with Gasteiger partial charge in [0.15, 0.2) is 0 Å². The van der Waals surface area contributed by atoms with Crippen molar-refractivity contribution in [3.05, 3.63) is 64.7 Å². The van der Waals surface area contributed by atoms with Crippen molar-refractivity contribution in [1.82, 2.24) is 15.1 Å². The normalized spacial score (nSPS) is 43.5. The lowest BCUT2D eigenvalue weighted by molar-refractivity contribution is -0.136. The molecular weight excluding hydrogens is 420 g/mol. The minimum Gasteiger partial charge on any atom is -0.381 e. The van der Waals surface area contributed by atoms with Crippen LogP contribution >= 0.6 is 0 Å². The molecule has 2 saturated heterocycles. The molecule has 1 unspecified atom stereocenters. The SMILES string of the molecule is [2H]C([2H])(Nc1cccc2c1C([2H])([2H])N(C1([2H])C(=O)NC(=O)C([2H])([2H])C1([2H])[2H])C2=O)c1ccc(C([2H])([2H])N2C([2H])([2H])C([2H])([2H])OC([2H])([2H])C2([2H])[2H])cc1. The molecule has 0 spiro atoms. The first-order chi connectivity index (χ1) is 23.2. The van der Waals surface area contributed by atoms with Gasteiger partial charge in [-0.3, -0.25) is 24.6 Å². The van der Waals surface area contributed by atoms with E-state index < -0.39 is 104 Å². The van der Waals surface area contributed by atoms with Gasteiger partial charge in [-0.25, -0.2) is 0 Å². The number of carbonyl (C=O) groups excluding carboxylic acids is 3. The van der Waals surface area contributed by atoms with Gasteiger partial charge < -0.3 is 15.0 Å². The monoisotopic (exact) mass is 467 g/mol. The zero-order chi connectivity index (χ0) is 39.8. The molecule has 3 aliphatic heterocycles. The van der Waals surface area contributed by atoms with E-state index in [2.05, 4.69) is 10.1 Å². The number of benzene rings is 2. The lowest BCUT2D eigenvalue weighted by Gasteiger charge is -2.29. The summed E-state index contributed by atoms with van der Waals surface area (Å²) in [5, 5.41) is 3.84. The van der Waals surface area contributed by atoms with Crippen LogP contribution in [0.5, 0.6) is 0 Å². The van der Waals surface area contributed by atoms with Crippen molar-refractivity contribution in [2.45, 2.75) is 38.3 Å². The van der Waals surface area contributed by atoms with E-state index in [1.54, 1.807) is 0 Å². The molecule has 2 N–H and O–H groups in total. The molecule has 0 aromatic heterocycles. The molecule has 0 saturated carbocycles. The second-order valence-electron chi connectivity index (χ2n) is 6.67. The predicted molar refractivity (Wildman–Crippen MR) is 122 cm³/mol. The van der Waals surface area contributed by atoms with Crippen molar-refractivity contribution in [1.29, 1.82) is 0 Å². The maximum absolute atomic E-state index is 13.6. The number of rotatable bonds is 6. The number of ether oxygens (including phenoxy) is 1. The fraction of sp³-hybridized carbons (Fsp3) is 0.400. The number of amides is 3. The number of nitrogens with zero attached hydrogens (tertiary/aromatic N) is 2. The van der Waals surface area contributed by atoms with Crippen LogP contribution in [0, 0.1) is 0 Å². The van der Waals surface area contributed by atoms with E-state index in [0.29, 0.717) is 0 Å². The first-order valence-electron chi connectivity index (χ1n) is 18.9. The van der Waals surface area contributed by atoms with Gasteiger partial charge in [-0.2, -0.15) is 0 Å². The van der Waals surface area contributed by atoms with E-state index in [9.17, 15) is 14.4 Å². The Kier molecular flexibility index (Phi) is 2.50. The number of hydrogen-bond donors (Lipinski definition) is 2. The number of piperidine rings is 1. The van der Waals surface area contributed by atoms with Crippen LogP contribution in [-0.4, -0.2) is 59.7 Å². The molecule has 0 bridgehead atoms. The lowest BCUT2D eigenvalue weighted by Crippen LogP contribution is -2.52. The summed E-state index contributed by atoms with van der Waals surface area (Å²) in [5.74, 6) is -5.06. The Morgan fingerprint density at radius 2 is 1.88 bits per heavy atom. The minimum atomic E-state index is -3.81. The van der Waals surface area contributed by atoms with Gasteiger partial charge in [-0.15, -0.1) is 0 Å². The lowest BCUT2D eigenvalue weighted by atomic mass is 10.0. The van der Waals surface area contributed by atoms with Gasteiger partial charge in [-0.1, -0.05) is 30.3 Å². The number of imide groups is 1. The zero-order valence-corrected chi connectivity index (χ0v) is 16.6. The molecule has 2 fully saturated rings. The Balaban J connectivity index is 1.51. The third-order valence-corrected chi connectivity index (χ3v) is 4.57. The van der Waals surface area contributed by atoms with Crippen molar-refractivity contribution >= 4 is 23.4 Å². The van der Waals surface area contributed by atoms with Crippen LogP contribution in [0.15, 0.2) is 42.5 Å². The smallest absolute Gasteiger partial charge is 0.255 e. The Morgan fingerprint density at radius 1 is 1.12 bits per heavy atom. The van der Waals surface area contributed by atoms with Gasteiger partial charge in [0.05, 0.1) is 25.5 Å². The summed E-state index contributed by atoms with van der Waals surface area (Å²) < 4.78 is 162. The number of anilines is 1. The second-order valence-corrected chi connectivity index (χ2v) is 6.67. The molecule has 8 heteroatoms. The summed E-state index contributed by atoms with van der Waals surface area (Å²) in [6.07, 6.45) is -7.41. The fourth-order valence-corrected chi connectivity index (χ4v) is 3.06. The largest absolute Gasteiger partial charge is 0.381 e. The van der Waals surface area contributed by atoms with E-state index >= 15 is 0 Å². The first kappa shape index (κ1) is 8.85. The van der Waals surface area contributed by atoms with Crippen molar-refractivity contribution in [3.8, 4) is 0 Å². The summed E-state index contributed by atoms with van der Waals surface area (Å²) >= 11 is 0. The van der Waals surface area contributed by atoms with Crippen molar-refractivity contribution in [2.24, 2.45) is 0 Å². The Bertz CT molecular complexity index is 1840. The molecule has 0 radical (unpaired) electrons. The standard InChI is InChI=1S/C25H28N4O4/c30-23-9-8-22(24(31)27-23)29-16-20-19(25(29)32)2-1-3-21(20)26-14-17-4-6-18(7-5-17)15-28-10-12-33-13-11-28/h1-7,22,26H,8-16H2,(H,27,30,31)/i8D2,9D2,10D2,11D2,12D2,13D2,14D2,15D2,16D2,22D. The minimum absolute atomic E-state index is 0.171. The van der Waals surface area contributed by atoms with Gasteiger partial charge >= 0.3 is 0 Å². The topological polar surface area (TPSA) is 91.0 Å². The quantitative estimate of drug-likeness (QED) is 0.631. The first-order valence-corrected chi connectivity index (χ1v) is 9.43. The Hall–Kier alpha value is -3.23. The number of nitrogens with one attached hydrogen (secondary N) is 2. The average molecular weight is 468 g/mol. The van der Waals surface area contributed by atoms with E-state index in [1.165, 1.54) is 5.32 Å². The molecule has 2 aromatic carbocycles. The van der Waals surface area contributed by atoms with Gasteiger partial charge in [-0.05, 0) is 29.6 Å². The summed E-state index contributed by atoms with van der Waals surface area (Å²) in [6.45, 7) is -23.7. The molecule has 8 nitrogen and oxygen atoms in total. The number of carbonyl (C=O) groups is 3. The van der Waals surface area contributed by atoms with Crippen LogP contribution < -0.4 is 10.6 Å². The highest BCUT2D eigenvalue weighted by Gasteiger charge is 2.39. The van der Waals surface area contributed by atoms with E-state index in [1.807, 2.05) is 0 Å². The molecule has 33 heavy (non-hydrogen) atoms. The molecular formula is C25H28N4O4. The predicted octanol–water partition coefficient (Wildman–Crippen LogP) is 1.89. The number of fused-ring (bicyclic) bond motifs is 1. The van der Waals surface area contributed by atoms with Gasteiger partial charge in [0.2, 0.25) is 11.8 Å². The molecule has 3 amide bonds. The second kappa shape index (κ2) is 9.33. The van der Waals surface area contributed by atoms with Crippen LogP contribution in [0.25, 0.3) is 0 Å². The van der Waals surface area contributed by atoms with Gasteiger partial charge in [0, 0.05) is 69.4 Å². The van der Waals surface area contributed by atoms with Crippen LogP contribution in [0.1, 0.15) is 65.8 Å². The van der Waals surface area contributed by atoms with Crippen LogP contribution in [-0.2, 0) is 33.8 Å². The Labute approximate surface area is 219 Å². The summed E-state index contributed by atoms with van der Waals surface area (Å²) in [6, 6.07) is 3.22. The van der Waals surface area contributed by atoms with Gasteiger partial charge in [0.1, 0.15) is 6.02 Å². The average Bonchev–Trinajstić information content (AvgIpc) is 3.19. The highest BCUT2D eigenvalue weighted by molar-refractivity contribution is 6.06. The van der Waals surface area contributed by atoms with Crippen LogP contribution in [0.2, 0.25) is 0 Å². The maximum Gasteiger partial charge on any atom is 0.255 e. The highest BCUT2D eigenvalue weighted by Crippen LogP contribution is 2.32. The van der Waals surface area contributed by atoms with Crippen molar-refractivity contribution < 1.29 is 45.2 Å². The summed E-state index contributed by atoms with van der Waals surface area (Å²) in [7, 11) is 0. The van der Waals surface area contributed by atoms with Gasteiger partial charge in [0.25, 0.3) is 5.91 Å². The summed E-state index contributed by atoms with van der Waals surface area (Å²) in [5.41, 5.74) is -2.65. The third-order valence-electron chi connectivity index (χ3n) is 4.57. The molecule has 5 rings (SSSR count). The number of hydrogen-bond acceptors (Lipinski definition) is 6. The highest BCUT2D eigenvalue weighted by atomic mass is 16.5. The molecule has 3 heterocycles.